The Labute approximate surface area is 159 Å². The lowest BCUT2D eigenvalue weighted by Gasteiger charge is -2.15. The van der Waals surface area contributed by atoms with E-state index in [-0.39, 0.29) is 12.5 Å². The predicted molar refractivity (Wildman–Crippen MR) is 104 cm³/mol. The summed E-state index contributed by atoms with van der Waals surface area (Å²) in [5, 5.41) is 0. The van der Waals surface area contributed by atoms with Gasteiger partial charge in [-0.15, -0.1) is 0 Å². The van der Waals surface area contributed by atoms with E-state index >= 15 is 0 Å². The molecule has 2 N–H and O–H groups in total. The van der Waals surface area contributed by atoms with Gasteiger partial charge in [-0.2, -0.15) is 0 Å². The topological polar surface area (TPSA) is 81.9 Å². The zero-order chi connectivity index (χ0) is 19.6. The lowest BCUT2D eigenvalue weighted by atomic mass is 10.2. The minimum absolute atomic E-state index is 0.114. The first kappa shape index (κ1) is 20.0. The first-order valence-electron chi connectivity index (χ1n) is 8.58. The summed E-state index contributed by atoms with van der Waals surface area (Å²) in [5.74, 6) is 0.698. The number of carbonyl (C=O) groups is 2. The number of ether oxygens (including phenoxy) is 2. The molecule has 2 aromatic carbocycles. The summed E-state index contributed by atoms with van der Waals surface area (Å²) >= 11 is 0. The number of carbonyl (C=O) groups excluding carboxylic acids is 2. The Morgan fingerprint density at radius 3 is 2.48 bits per heavy atom. The molecule has 0 spiro atoms. The van der Waals surface area contributed by atoms with E-state index in [1.54, 1.807) is 42.3 Å². The van der Waals surface area contributed by atoms with Crippen molar-refractivity contribution in [2.24, 2.45) is 5.73 Å². The van der Waals surface area contributed by atoms with Crippen LogP contribution in [0.2, 0.25) is 0 Å². The van der Waals surface area contributed by atoms with Gasteiger partial charge in [-0.25, -0.2) is 0 Å². The van der Waals surface area contributed by atoms with Crippen LogP contribution in [0, 0.1) is 6.92 Å². The zero-order valence-corrected chi connectivity index (χ0v) is 15.6. The van der Waals surface area contributed by atoms with Gasteiger partial charge in [0.2, 0.25) is 5.91 Å². The van der Waals surface area contributed by atoms with Gasteiger partial charge in [0.15, 0.2) is 6.61 Å². The van der Waals surface area contributed by atoms with Crippen molar-refractivity contribution in [1.29, 1.82) is 0 Å². The number of hydrogen-bond acceptors (Lipinski definition) is 4. The Bertz CT molecular complexity index is 800. The molecular formula is C21H24N2O4. The summed E-state index contributed by atoms with van der Waals surface area (Å²) < 4.78 is 10.8. The Morgan fingerprint density at radius 1 is 1.07 bits per heavy atom. The fourth-order valence-electron chi connectivity index (χ4n) is 2.24. The van der Waals surface area contributed by atoms with Crippen LogP contribution >= 0.6 is 0 Å². The van der Waals surface area contributed by atoms with Crippen LogP contribution < -0.4 is 15.2 Å². The van der Waals surface area contributed by atoms with E-state index in [9.17, 15) is 9.59 Å². The number of hydrogen-bond donors (Lipinski definition) is 1. The van der Waals surface area contributed by atoms with E-state index in [0.29, 0.717) is 18.9 Å². The molecule has 6 heteroatoms. The van der Waals surface area contributed by atoms with Crippen molar-refractivity contribution in [1.82, 2.24) is 4.90 Å². The SMILES string of the molecule is Cc1cccc(OCCN(C)C(=O)/C=C/c2ccc(OCC(N)=O)cc2)c1. The number of rotatable bonds is 9. The van der Waals surface area contributed by atoms with Crippen molar-refractivity contribution in [2.45, 2.75) is 6.92 Å². The fourth-order valence-corrected chi connectivity index (χ4v) is 2.24. The van der Waals surface area contributed by atoms with Crippen molar-refractivity contribution < 1.29 is 19.1 Å². The number of aryl methyl sites for hydroxylation is 1. The molecule has 0 unspecified atom stereocenters. The summed E-state index contributed by atoms with van der Waals surface area (Å²) in [6.45, 7) is 2.75. The quantitative estimate of drug-likeness (QED) is 0.689. The molecule has 2 aromatic rings. The molecule has 142 valence electrons. The van der Waals surface area contributed by atoms with E-state index in [4.69, 9.17) is 15.2 Å². The Balaban J connectivity index is 1.78. The molecule has 27 heavy (non-hydrogen) atoms. The predicted octanol–water partition coefficient (Wildman–Crippen LogP) is 2.41. The number of amides is 2. The fraction of sp³-hybridized carbons (Fsp3) is 0.238. The van der Waals surface area contributed by atoms with Crippen molar-refractivity contribution in [3.63, 3.8) is 0 Å². The van der Waals surface area contributed by atoms with E-state index in [1.165, 1.54) is 6.08 Å². The van der Waals surface area contributed by atoms with Crippen LogP contribution in [-0.2, 0) is 9.59 Å². The highest BCUT2D eigenvalue weighted by Gasteiger charge is 2.05. The van der Waals surface area contributed by atoms with Gasteiger partial charge in [0.05, 0.1) is 6.54 Å². The molecule has 0 atom stereocenters. The van der Waals surface area contributed by atoms with Gasteiger partial charge in [-0.3, -0.25) is 9.59 Å². The van der Waals surface area contributed by atoms with E-state index < -0.39 is 5.91 Å². The number of likely N-dealkylation sites (N-methyl/N-ethyl adjacent to an activating group) is 1. The van der Waals surface area contributed by atoms with E-state index in [1.807, 2.05) is 31.2 Å². The first-order valence-corrected chi connectivity index (χ1v) is 8.58. The smallest absolute Gasteiger partial charge is 0.255 e. The maximum Gasteiger partial charge on any atom is 0.255 e. The molecule has 0 heterocycles. The van der Waals surface area contributed by atoms with Gasteiger partial charge in [0, 0.05) is 13.1 Å². The molecule has 0 fully saturated rings. The number of nitrogens with two attached hydrogens (primary N) is 1. The Morgan fingerprint density at radius 2 is 1.81 bits per heavy atom. The molecule has 0 saturated carbocycles. The molecule has 0 aliphatic carbocycles. The van der Waals surface area contributed by atoms with Gasteiger partial charge >= 0.3 is 0 Å². The maximum atomic E-state index is 12.2. The summed E-state index contributed by atoms with van der Waals surface area (Å²) in [7, 11) is 1.73. The third-order valence-corrected chi connectivity index (χ3v) is 3.74. The highest BCUT2D eigenvalue weighted by Crippen LogP contribution is 2.14. The normalized spacial score (nSPS) is 10.6. The molecule has 6 nitrogen and oxygen atoms in total. The number of benzene rings is 2. The van der Waals surface area contributed by atoms with Gasteiger partial charge in [0.1, 0.15) is 18.1 Å². The summed E-state index contributed by atoms with van der Waals surface area (Å²) in [6.07, 6.45) is 3.23. The second-order valence-electron chi connectivity index (χ2n) is 6.08. The minimum Gasteiger partial charge on any atom is -0.492 e. The first-order chi connectivity index (χ1) is 12.9. The van der Waals surface area contributed by atoms with Crippen molar-refractivity contribution in [2.75, 3.05) is 26.8 Å². The maximum absolute atomic E-state index is 12.2. The Kier molecular flexibility index (Phi) is 7.43. The standard InChI is InChI=1S/C21H24N2O4/c1-16-4-3-5-19(14-16)26-13-12-23(2)21(25)11-8-17-6-9-18(10-7-17)27-15-20(22)24/h3-11,14H,12-13,15H2,1-2H3,(H2,22,24)/b11-8+. The van der Waals surface area contributed by atoms with Crippen molar-refractivity contribution in [3.8, 4) is 11.5 Å². The average Bonchev–Trinajstić information content (AvgIpc) is 2.65. The van der Waals surface area contributed by atoms with Crippen molar-refractivity contribution >= 4 is 17.9 Å². The van der Waals surface area contributed by atoms with Gasteiger partial charge in [-0.1, -0.05) is 24.3 Å². The van der Waals surface area contributed by atoms with E-state index in [2.05, 4.69) is 0 Å². The van der Waals surface area contributed by atoms with Crippen LogP contribution in [0.25, 0.3) is 6.08 Å². The molecule has 2 amide bonds. The summed E-state index contributed by atoms with van der Waals surface area (Å²) in [5.41, 5.74) is 7.00. The lowest BCUT2D eigenvalue weighted by molar-refractivity contribution is -0.125. The second kappa shape index (κ2) is 10.0. The van der Waals surface area contributed by atoms with Crippen LogP contribution in [-0.4, -0.2) is 43.5 Å². The summed E-state index contributed by atoms with van der Waals surface area (Å²) in [6, 6.07) is 14.8. The monoisotopic (exact) mass is 368 g/mol. The second-order valence-corrected chi connectivity index (χ2v) is 6.08. The molecular weight excluding hydrogens is 344 g/mol. The van der Waals surface area contributed by atoms with E-state index in [0.717, 1.165) is 16.9 Å². The van der Waals surface area contributed by atoms with Crippen LogP contribution in [0.1, 0.15) is 11.1 Å². The highest BCUT2D eigenvalue weighted by atomic mass is 16.5. The van der Waals surface area contributed by atoms with Crippen LogP contribution in [0.3, 0.4) is 0 Å². The molecule has 0 saturated heterocycles. The summed E-state index contributed by atoms with van der Waals surface area (Å²) in [4.78, 5) is 24.4. The number of nitrogens with zero attached hydrogens (tertiary/aromatic N) is 1. The minimum atomic E-state index is -0.529. The molecule has 0 radical (unpaired) electrons. The average molecular weight is 368 g/mol. The van der Waals surface area contributed by atoms with Crippen LogP contribution in [0.15, 0.2) is 54.6 Å². The van der Waals surface area contributed by atoms with Gasteiger partial charge < -0.3 is 20.1 Å². The molecule has 0 aliphatic rings. The van der Waals surface area contributed by atoms with Gasteiger partial charge in [0.25, 0.3) is 5.91 Å². The highest BCUT2D eigenvalue weighted by molar-refractivity contribution is 5.91. The molecule has 0 aliphatic heterocycles. The zero-order valence-electron chi connectivity index (χ0n) is 15.6. The van der Waals surface area contributed by atoms with Crippen molar-refractivity contribution in [3.05, 3.63) is 65.7 Å². The molecule has 2 rings (SSSR count). The third kappa shape index (κ3) is 7.23. The molecule has 0 aromatic heterocycles. The third-order valence-electron chi connectivity index (χ3n) is 3.74. The Hall–Kier alpha value is -3.28. The van der Waals surface area contributed by atoms with Crippen LogP contribution in [0.4, 0.5) is 0 Å². The van der Waals surface area contributed by atoms with Crippen LogP contribution in [0.5, 0.6) is 11.5 Å². The largest absolute Gasteiger partial charge is 0.492 e. The number of primary amides is 1. The molecule has 0 bridgehead atoms. The lowest BCUT2D eigenvalue weighted by Crippen LogP contribution is -2.29. The van der Waals surface area contributed by atoms with Gasteiger partial charge in [-0.05, 0) is 48.4 Å².